The summed E-state index contributed by atoms with van der Waals surface area (Å²) in [6.07, 6.45) is 6.70. The molecule has 3 heteroatoms. The maximum Gasteiger partial charge on any atom is 0.126 e. The molecule has 2 unspecified atom stereocenters. The first-order chi connectivity index (χ1) is 9.29. The lowest BCUT2D eigenvalue weighted by atomic mass is 9.88. The molecule has 0 aliphatic heterocycles. The van der Waals surface area contributed by atoms with Gasteiger partial charge in [0.1, 0.15) is 5.82 Å². The van der Waals surface area contributed by atoms with Crippen molar-refractivity contribution in [3.8, 4) is 0 Å². The molecule has 1 saturated carbocycles. The minimum atomic E-state index is 0.419. The highest BCUT2D eigenvalue weighted by atomic mass is 16.5. The average molecular weight is 262 g/mol. The van der Waals surface area contributed by atoms with Crippen LogP contribution in [0, 0.1) is 5.92 Å². The number of nitrogens with zero attached hydrogens (tertiary/aromatic N) is 1. The third kappa shape index (κ3) is 4.50. The molecule has 1 N–H and O–H groups in total. The maximum atomic E-state index is 6.05. The van der Waals surface area contributed by atoms with Crippen LogP contribution in [0.25, 0.3) is 0 Å². The van der Waals surface area contributed by atoms with E-state index in [-0.39, 0.29) is 0 Å². The van der Waals surface area contributed by atoms with E-state index in [9.17, 15) is 0 Å². The molecule has 3 nitrogen and oxygen atoms in total. The fourth-order valence-corrected chi connectivity index (χ4v) is 2.63. The second-order valence-electron chi connectivity index (χ2n) is 5.55. The Hall–Kier alpha value is -1.09. The summed E-state index contributed by atoms with van der Waals surface area (Å²) in [7, 11) is 0. The Morgan fingerprint density at radius 2 is 2.16 bits per heavy atom. The second-order valence-corrected chi connectivity index (χ2v) is 5.55. The number of ether oxygens (including phenoxy) is 1. The number of hydrogen-bond donors (Lipinski definition) is 1. The molecule has 106 valence electrons. The van der Waals surface area contributed by atoms with Gasteiger partial charge in [0.25, 0.3) is 0 Å². The molecule has 1 aromatic heterocycles. The number of hydrogen-bond acceptors (Lipinski definition) is 3. The molecule has 0 radical (unpaired) electrons. The highest BCUT2D eigenvalue weighted by Gasteiger charge is 2.21. The maximum absolute atomic E-state index is 6.05. The van der Waals surface area contributed by atoms with Crippen molar-refractivity contribution in [3.63, 3.8) is 0 Å². The highest BCUT2D eigenvalue weighted by molar-refractivity contribution is 5.34. The normalized spacial score (nSPS) is 23.3. The van der Waals surface area contributed by atoms with Gasteiger partial charge in [-0.25, -0.2) is 4.98 Å². The molecule has 1 fully saturated rings. The summed E-state index contributed by atoms with van der Waals surface area (Å²) < 4.78 is 6.05. The molecule has 2 rings (SSSR count). The molecule has 0 aromatic carbocycles. The van der Waals surface area contributed by atoms with E-state index in [1.54, 1.807) is 0 Å². The summed E-state index contributed by atoms with van der Waals surface area (Å²) in [6.45, 7) is 6.06. The first kappa shape index (κ1) is 14.3. The Kier molecular flexibility index (Phi) is 5.64. The van der Waals surface area contributed by atoms with Crippen molar-refractivity contribution in [3.05, 3.63) is 23.9 Å². The van der Waals surface area contributed by atoms with Gasteiger partial charge in [-0.3, -0.25) is 0 Å². The van der Waals surface area contributed by atoms with Crippen LogP contribution in [0.5, 0.6) is 0 Å². The summed E-state index contributed by atoms with van der Waals surface area (Å²) in [5.74, 6) is 1.65. The SMILES string of the molecule is CCCNc1cccc(COC2CCCCC2C)n1. The number of anilines is 1. The van der Waals surface area contributed by atoms with E-state index in [0.717, 1.165) is 24.5 Å². The molecule has 0 bridgehead atoms. The summed E-state index contributed by atoms with van der Waals surface area (Å²) in [5.41, 5.74) is 1.03. The van der Waals surface area contributed by atoms with Crippen LogP contribution in [-0.2, 0) is 11.3 Å². The van der Waals surface area contributed by atoms with Crippen molar-refractivity contribution in [2.75, 3.05) is 11.9 Å². The third-order valence-electron chi connectivity index (χ3n) is 3.84. The first-order valence-corrected chi connectivity index (χ1v) is 7.61. The highest BCUT2D eigenvalue weighted by Crippen LogP contribution is 2.26. The standard InChI is InChI=1S/C16H26N2O/c1-3-11-17-16-10-6-8-14(18-16)12-19-15-9-5-4-7-13(15)2/h6,8,10,13,15H,3-5,7,9,11-12H2,1-2H3,(H,17,18). The van der Waals surface area contributed by atoms with Crippen molar-refractivity contribution in [2.45, 2.75) is 58.7 Å². The van der Waals surface area contributed by atoms with E-state index < -0.39 is 0 Å². The Morgan fingerprint density at radius 1 is 1.32 bits per heavy atom. The van der Waals surface area contributed by atoms with Gasteiger partial charge in [-0.15, -0.1) is 0 Å². The predicted molar refractivity (Wildman–Crippen MR) is 79.2 cm³/mol. The van der Waals surface area contributed by atoms with Crippen LogP contribution in [0.1, 0.15) is 51.6 Å². The van der Waals surface area contributed by atoms with Gasteiger partial charge in [-0.1, -0.05) is 32.8 Å². The Labute approximate surface area is 116 Å². The molecule has 1 aromatic rings. The van der Waals surface area contributed by atoms with E-state index in [1.807, 2.05) is 18.2 Å². The lowest BCUT2D eigenvalue weighted by Gasteiger charge is -2.28. The van der Waals surface area contributed by atoms with Crippen molar-refractivity contribution >= 4 is 5.82 Å². The van der Waals surface area contributed by atoms with Gasteiger partial charge >= 0.3 is 0 Å². The number of nitrogens with one attached hydrogen (secondary N) is 1. The zero-order valence-electron chi connectivity index (χ0n) is 12.2. The van der Waals surface area contributed by atoms with Gasteiger partial charge in [0.15, 0.2) is 0 Å². The molecule has 1 aliphatic carbocycles. The van der Waals surface area contributed by atoms with Gasteiger partial charge in [0.2, 0.25) is 0 Å². The smallest absolute Gasteiger partial charge is 0.126 e. The molecular formula is C16H26N2O. The Morgan fingerprint density at radius 3 is 2.95 bits per heavy atom. The van der Waals surface area contributed by atoms with E-state index in [1.165, 1.54) is 25.7 Å². The predicted octanol–water partition coefficient (Wildman–Crippen LogP) is 4.00. The molecular weight excluding hydrogens is 236 g/mol. The minimum absolute atomic E-state index is 0.419. The van der Waals surface area contributed by atoms with Crippen LogP contribution in [0.15, 0.2) is 18.2 Å². The number of rotatable bonds is 6. The fraction of sp³-hybridized carbons (Fsp3) is 0.688. The topological polar surface area (TPSA) is 34.1 Å². The summed E-state index contributed by atoms with van der Waals surface area (Å²) in [5, 5.41) is 3.31. The van der Waals surface area contributed by atoms with Crippen LogP contribution >= 0.6 is 0 Å². The van der Waals surface area contributed by atoms with E-state index in [2.05, 4.69) is 24.1 Å². The Balaban J connectivity index is 1.84. The van der Waals surface area contributed by atoms with Crippen molar-refractivity contribution in [1.82, 2.24) is 4.98 Å². The Bertz CT molecular complexity index is 381. The van der Waals surface area contributed by atoms with Crippen molar-refractivity contribution in [1.29, 1.82) is 0 Å². The summed E-state index contributed by atoms with van der Waals surface area (Å²) in [4.78, 5) is 4.58. The van der Waals surface area contributed by atoms with Gasteiger partial charge < -0.3 is 10.1 Å². The lowest BCUT2D eigenvalue weighted by molar-refractivity contribution is -0.0167. The van der Waals surface area contributed by atoms with Crippen LogP contribution < -0.4 is 5.32 Å². The van der Waals surface area contributed by atoms with E-state index in [0.29, 0.717) is 18.6 Å². The summed E-state index contributed by atoms with van der Waals surface area (Å²) in [6, 6.07) is 6.11. The van der Waals surface area contributed by atoms with Crippen LogP contribution in [0.4, 0.5) is 5.82 Å². The van der Waals surface area contributed by atoms with Crippen LogP contribution in [0.2, 0.25) is 0 Å². The zero-order valence-corrected chi connectivity index (χ0v) is 12.2. The van der Waals surface area contributed by atoms with Crippen LogP contribution in [-0.4, -0.2) is 17.6 Å². The van der Waals surface area contributed by atoms with Gasteiger partial charge in [-0.05, 0) is 37.3 Å². The molecule has 2 atom stereocenters. The lowest BCUT2D eigenvalue weighted by Crippen LogP contribution is -2.25. The molecule has 0 amide bonds. The van der Waals surface area contributed by atoms with E-state index >= 15 is 0 Å². The van der Waals surface area contributed by atoms with E-state index in [4.69, 9.17) is 4.74 Å². The quantitative estimate of drug-likeness (QED) is 0.841. The first-order valence-electron chi connectivity index (χ1n) is 7.61. The molecule has 1 aliphatic rings. The zero-order chi connectivity index (χ0) is 13.5. The third-order valence-corrected chi connectivity index (χ3v) is 3.84. The number of pyridine rings is 1. The molecule has 1 heterocycles. The van der Waals surface area contributed by atoms with Crippen molar-refractivity contribution < 1.29 is 4.74 Å². The largest absolute Gasteiger partial charge is 0.372 e. The molecule has 0 saturated heterocycles. The monoisotopic (exact) mass is 262 g/mol. The molecule has 0 spiro atoms. The number of aromatic nitrogens is 1. The average Bonchev–Trinajstić information content (AvgIpc) is 2.45. The second kappa shape index (κ2) is 7.49. The minimum Gasteiger partial charge on any atom is -0.372 e. The van der Waals surface area contributed by atoms with Crippen LogP contribution in [0.3, 0.4) is 0 Å². The van der Waals surface area contributed by atoms with Gasteiger partial charge in [0.05, 0.1) is 18.4 Å². The summed E-state index contributed by atoms with van der Waals surface area (Å²) >= 11 is 0. The fourth-order valence-electron chi connectivity index (χ4n) is 2.63. The van der Waals surface area contributed by atoms with Gasteiger partial charge in [-0.2, -0.15) is 0 Å². The molecule has 19 heavy (non-hydrogen) atoms. The van der Waals surface area contributed by atoms with Crippen molar-refractivity contribution in [2.24, 2.45) is 5.92 Å². The van der Waals surface area contributed by atoms with Gasteiger partial charge in [0, 0.05) is 6.54 Å².